The number of hydrogen-bond acceptors (Lipinski definition) is 6. The molecule has 1 atom stereocenters. The lowest BCUT2D eigenvalue weighted by Gasteiger charge is -2.45. The van der Waals surface area contributed by atoms with E-state index in [0.717, 1.165) is 48.4 Å². The third-order valence-corrected chi connectivity index (χ3v) is 5.49. The summed E-state index contributed by atoms with van der Waals surface area (Å²) in [6.07, 6.45) is 6.73. The number of nitrogens with one attached hydrogen (secondary N) is 2. The normalized spacial score (nSPS) is 17.4. The zero-order valence-electron chi connectivity index (χ0n) is 16.5. The van der Waals surface area contributed by atoms with Crippen molar-refractivity contribution in [1.82, 2.24) is 19.9 Å². The average Bonchev–Trinajstić information content (AvgIpc) is 2.74. The Morgan fingerprint density at radius 2 is 2.17 bits per heavy atom. The van der Waals surface area contributed by atoms with Gasteiger partial charge in [-0.1, -0.05) is 0 Å². The van der Waals surface area contributed by atoms with Gasteiger partial charge in [-0.25, -0.2) is 14.8 Å². The molecule has 2 amide bonds. The van der Waals surface area contributed by atoms with Gasteiger partial charge < -0.3 is 9.88 Å². The number of nitrogens with zero attached hydrogens (tertiary/aromatic N) is 5. The first-order valence-electron chi connectivity index (χ1n) is 9.91. The van der Waals surface area contributed by atoms with Crippen molar-refractivity contribution in [3.05, 3.63) is 58.9 Å². The molecule has 5 rings (SSSR count). The van der Waals surface area contributed by atoms with E-state index in [2.05, 4.69) is 25.2 Å². The van der Waals surface area contributed by atoms with Crippen molar-refractivity contribution >= 4 is 23.4 Å². The molecule has 0 unspecified atom stereocenters. The number of aromatic nitrogens is 4. The SMILES string of the molecule is Cc1cncc(-c2ccc3c(n2)N(C(=O)Nc2cc(=O)[nH]cn2)[C@H]2CCCN3C2)c1. The van der Waals surface area contributed by atoms with Crippen LogP contribution in [-0.2, 0) is 0 Å². The molecule has 2 aliphatic rings. The fourth-order valence-electron chi connectivity index (χ4n) is 4.15. The molecule has 0 aliphatic carbocycles. The Hall–Kier alpha value is -3.75. The number of piperidine rings is 1. The molecule has 1 saturated heterocycles. The summed E-state index contributed by atoms with van der Waals surface area (Å²) in [5.41, 5.74) is 3.32. The molecule has 0 aromatic carbocycles. The maximum atomic E-state index is 13.2. The molecule has 5 heterocycles. The van der Waals surface area contributed by atoms with E-state index >= 15 is 0 Å². The average molecular weight is 403 g/mol. The Bertz CT molecular complexity index is 1180. The van der Waals surface area contributed by atoms with Crippen LogP contribution in [0.1, 0.15) is 18.4 Å². The number of fused-ring (bicyclic) bond motifs is 4. The number of rotatable bonds is 2. The highest BCUT2D eigenvalue weighted by molar-refractivity contribution is 6.04. The van der Waals surface area contributed by atoms with Gasteiger partial charge in [0.05, 0.1) is 23.8 Å². The van der Waals surface area contributed by atoms with Crippen molar-refractivity contribution in [3.8, 4) is 11.3 Å². The van der Waals surface area contributed by atoms with E-state index in [4.69, 9.17) is 4.98 Å². The summed E-state index contributed by atoms with van der Waals surface area (Å²) in [5.74, 6) is 0.829. The highest BCUT2D eigenvalue weighted by Crippen LogP contribution is 2.39. The van der Waals surface area contributed by atoms with E-state index in [1.165, 1.54) is 12.4 Å². The molecule has 9 heteroatoms. The minimum Gasteiger partial charge on any atom is -0.366 e. The molecule has 2 N–H and O–H groups in total. The third-order valence-electron chi connectivity index (χ3n) is 5.49. The number of urea groups is 1. The van der Waals surface area contributed by atoms with E-state index in [9.17, 15) is 9.59 Å². The van der Waals surface area contributed by atoms with E-state index in [-0.39, 0.29) is 23.5 Å². The van der Waals surface area contributed by atoms with Gasteiger partial charge in [0.1, 0.15) is 5.82 Å². The van der Waals surface area contributed by atoms with Crippen LogP contribution < -0.4 is 20.7 Å². The van der Waals surface area contributed by atoms with Gasteiger partial charge in [-0.2, -0.15) is 0 Å². The van der Waals surface area contributed by atoms with Crippen LogP contribution in [0.5, 0.6) is 0 Å². The second-order valence-corrected chi connectivity index (χ2v) is 7.63. The predicted molar refractivity (Wildman–Crippen MR) is 114 cm³/mol. The van der Waals surface area contributed by atoms with Crippen LogP contribution in [0.2, 0.25) is 0 Å². The summed E-state index contributed by atoms with van der Waals surface area (Å²) in [7, 11) is 0. The summed E-state index contributed by atoms with van der Waals surface area (Å²) < 4.78 is 0. The van der Waals surface area contributed by atoms with E-state index < -0.39 is 0 Å². The van der Waals surface area contributed by atoms with Gasteiger partial charge in [0.2, 0.25) is 0 Å². The molecule has 2 bridgehead atoms. The second-order valence-electron chi connectivity index (χ2n) is 7.63. The lowest BCUT2D eigenvalue weighted by molar-refractivity contribution is 0.252. The Morgan fingerprint density at radius 3 is 3.00 bits per heavy atom. The lowest BCUT2D eigenvalue weighted by atomic mass is 9.99. The smallest absolute Gasteiger partial charge is 0.329 e. The number of pyridine rings is 2. The minimum absolute atomic E-state index is 0.00614. The van der Waals surface area contributed by atoms with Crippen molar-refractivity contribution in [2.75, 3.05) is 28.2 Å². The monoisotopic (exact) mass is 403 g/mol. The molecule has 152 valence electrons. The first-order chi connectivity index (χ1) is 14.6. The third kappa shape index (κ3) is 3.28. The first-order valence-corrected chi connectivity index (χ1v) is 9.91. The first kappa shape index (κ1) is 18.3. The summed E-state index contributed by atoms with van der Waals surface area (Å²) in [4.78, 5) is 44.4. The molecule has 0 radical (unpaired) electrons. The summed E-state index contributed by atoms with van der Waals surface area (Å²) in [6, 6.07) is 6.94. The van der Waals surface area contributed by atoms with Crippen molar-refractivity contribution in [1.29, 1.82) is 0 Å². The Morgan fingerprint density at radius 1 is 1.27 bits per heavy atom. The second kappa shape index (κ2) is 7.25. The fourth-order valence-corrected chi connectivity index (χ4v) is 4.15. The molecular weight excluding hydrogens is 382 g/mol. The van der Waals surface area contributed by atoms with Gasteiger partial charge in [0.15, 0.2) is 5.82 Å². The van der Waals surface area contributed by atoms with Crippen molar-refractivity contribution in [2.24, 2.45) is 0 Å². The Labute approximate surface area is 172 Å². The molecule has 0 spiro atoms. The topological polar surface area (TPSA) is 107 Å². The highest BCUT2D eigenvalue weighted by Gasteiger charge is 2.38. The van der Waals surface area contributed by atoms with Crippen LogP contribution in [0, 0.1) is 6.92 Å². The number of hydrogen-bond donors (Lipinski definition) is 2. The van der Waals surface area contributed by atoms with Crippen molar-refractivity contribution in [3.63, 3.8) is 0 Å². The summed E-state index contributed by atoms with van der Waals surface area (Å²) in [5, 5.41) is 2.75. The molecule has 30 heavy (non-hydrogen) atoms. The number of carbonyl (C=O) groups excluding carboxylic acids is 1. The Balaban J connectivity index is 1.56. The minimum atomic E-state index is -0.340. The van der Waals surface area contributed by atoms with Gasteiger partial charge in [-0.05, 0) is 43.5 Å². The number of aromatic amines is 1. The maximum absolute atomic E-state index is 13.2. The molecule has 2 aliphatic heterocycles. The van der Waals surface area contributed by atoms with Crippen LogP contribution in [0.15, 0.2) is 47.8 Å². The molecule has 3 aromatic rings. The molecular formula is C21H21N7O2. The van der Waals surface area contributed by atoms with Gasteiger partial charge in [-0.15, -0.1) is 0 Å². The van der Waals surface area contributed by atoms with Crippen LogP contribution in [0.25, 0.3) is 11.3 Å². The number of carbonyl (C=O) groups is 1. The largest absolute Gasteiger partial charge is 0.366 e. The van der Waals surface area contributed by atoms with E-state index in [0.29, 0.717) is 5.82 Å². The van der Waals surface area contributed by atoms with E-state index in [1.807, 2.05) is 25.1 Å². The quantitative estimate of drug-likeness (QED) is 0.681. The van der Waals surface area contributed by atoms with Gasteiger partial charge in [0, 0.05) is 37.1 Å². The lowest BCUT2D eigenvalue weighted by Crippen LogP contribution is -2.56. The van der Waals surface area contributed by atoms with E-state index in [1.54, 1.807) is 17.3 Å². The van der Waals surface area contributed by atoms with Crippen LogP contribution in [0.4, 0.5) is 22.1 Å². The zero-order chi connectivity index (χ0) is 20.7. The zero-order valence-corrected chi connectivity index (χ0v) is 16.5. The molecule has 9 nitrogen and oxygen atoms in total. The fraction of sp³-hybridized carbons (Fsp3) is 0.286. The summed E-state index contributed by atoms with van der Waals surface area (Å²) >= 11 is 0. The van der Waals surface area contributed by atoms with Gasteiger partial charge in [-0.3, -0.25) is 20.0 Å². The van der Waals surface area contributed by atoms with Crippen LogP contribution in [-0.4, -0.2) is 45.1 Å². The van der Waals surface area contributed by atoms with Gasteiger partial charge in [0.25, 0.3) is 5.56 Å². The summed E-state index contributed by atoms with van der Waals surface area (Å²) in [6.45, 7) is 3.69. The predicted octanol–water partition coefficient (Wildman–Crippen LogP) is 2.56. The molecule has 1 fully saturated rings. The number of anilines is 3. The van der Waals surface area contributed by atoms with Crippen molar-refractivity contribution in [2.45, 2.75) is 25.8 Å². The number of H-pyrrole nitrogens is 1. The molecule has 0 saturated carbocycles. The number of aryl methyl sites for hydroxylation is 1. The standard InChI is InChI=1S/C21H21N7O2/c1-13-7-14(10-22-9-13)16-4-5-17-20(25-16)28(15-3-2-6-27(17)11-15)21(30)26-18-8-19(29)24-12-23-18/h4-5,7-10,12,15H,2-3,6,11H2,1H3,(H2,23,24,26,29,30)/t15-/m0/s1. The van der Waals surface area contributed by atoms with Crippen LogP contribution in [0.3, 0.4) is 0 Å². The maximum Gasteiger partial charge on any atom is 0.329 e. The van der Waals surface area contributed by atoms with Gasteiger partial charge >= 0.3 is 6.03 Å². The van der Waals surface area contributed by atoms with Crippen molar-refractivity contribution < 1.29 is 4.79 Å². The highest BCUT2D eigenvalue weighted by atomic mass is 16.2. The molecule has 3 aromatic heterocycles. The van der Waals surface area contributed by atoms with Crippen LogP contribution >= 0.6 is 0 Å². The number of amides is 2. The Kier molecular flexibility index (Phi) is 4.42.